The minimum Gasteiger partial charge on any atom is -0.380 e. The van der Waals surface area contributed by atoms with E-state index >= 15 is 0 Å². The van der Waals surface area contributed by atoms with Gasteiger partial charge in [-0.05, 0) is 57.8 Å². The molecule has 1 aliphatic heterocycles. The van der Waals surface area contributed by atoms with Gasteiger partial charge < -0.3 is 10.1 Å². The number of hydrogen-bond donors (Lipinski definition) is 1. The zero-order valence-electron chi connectivity index (χ0n) is 14.3. The second-order valence-corrected chi connectivity index (χ2v) is 8.06. The standard InChI is InChI=1S/C18H34N2O/c1-4-5-11-21-12-10-20-14-17(2,15-6-7-15)19-13-18(20,3)16-8-9-16/h15-16,19H,4-14H2,1-3H3. The van der Waals surface area contributed by atoms with E-state index in [1.807, 2.05) is 0 Å². The fraction of sp³-hybridized carbons (Fsp3) is 1.00. The molecule has 1 N–H and O–H groups in total. The predicted octanol–water partition coefficient (Wildman–Crippen LogP) is 3.05. The molecule has 0 amide bonds. The molecule has 3 fully saturated rings. The van der Waals surface area contributed by atoms with Crippen molar-refractivity contribution in [1.29, 1.82) is 0 Å². The van der Waals surface area contributed by atoms with Gasteiger partial charge in [0.2, 0.25) is 0 Å². The Labute approximate surface area is 130 Å². The van der Waals surface area contributed by atoms with Gasteiger partial charge in [-0.15, -0.1) is 0 Å². The molecule has 3 rings (SSSR count). The first kappa shape index (κ1) is 15.8. The summed E-state index contributed by atoms with van der Waals surface area (Å²) >= 11 is 0. The van der Waals surface area contributed by atoms with Gasteiger partial charge in [0.25, 0.3) is 0 Å². The highest BCUT2D eigenvalue weighted by Crippen LogP contribution is 2.48. The van der Waals surface area contributed by atoms with E-state index in [2.05, 4.69) is 31.0 Å². The zero-order valence-corrected chi connectivity index (χ0v) is 14.3. The van der Waals surface area contributed by atoms with Gasteiger partial charge in [0, 0.05) is 37.3 Å². The quantitative estimate of drug-likeness (QED) is 0.696. The van der Waals surface area contributed by atoms with E-state index in [0.717, 1.165) is 31.6 Å². The van der Waals surface area contributed by atoms with E-state index in [-0.39, 0.29) is 0 Å². The lowest BCUT2D eigenvalue weighted by Gasteiger charge is -2.53. The summed E-state index contributed by atoms with van der Waals surface area (Å²) in [5, 5.41) is 3.93. The summed E-state index contributed by atoms with van der Waals surface area (Å²) in [5.74, 6) is 1.81. The van der Waals surface area contributed by atoms with E-state index in [0.29, 0.717) is 11.1 Å². The summed E-state index contributed by atoms with van der Waals surface area (Å²) in [6.45, 7) is 12.5. The fourth-order valence-corrected chi connectivity index (χ4v) is 4.09. The van der Waals surface area contributed by atoms with Gasteiger partial charge in [-0.3, -0.25) is 4.90 Å². The number of piperazine rings is 1. The van der Waals surface area contributed by atoms with Gasteiger partial charge in [0.05, 0.1) is 6.61 Å². The minimum atomic E-state index is 0.345. The molecule has 0 spiro atoms. The van der Waals surface area contributed by atoms with Crippen molar-refractivity contribution < 1.29 is 4.74 Å². The molecular weight excluding hydrogens is 260 g/mol. The van der Waals surface area contributed by atoms with Crippen molar-refractivity contribution in [2.24, 2.45) is 11.8 Å². The minimum absolute atomic E-state index is 0.345. The second kappa shape index (κ2) is 6.17. The van der Waals surface area contributed by atoms with Crippen LogP contribution in [0.1, 0.15) is 59.3 Å². The molecule has 3 heteroatoms. The fourth-order valence-electron chi connectivity index (χ4n) is 4.09. The Morgan fingerprint density at radius 1 is 1.10 bits per heavy atom. The SMILES string of the molecule is CCCCOCCN1CC(C)(C2CC2)NCC1(C)C1CC1. The molecule has 0 aromatic heterocycles. The van der Waals surface area contributed by atoms with Crippen LogP contribution in [0.25, 0.3) is 0 Å². The van der Waals surface area contributed by atoms with Gasteiger partial charge in [-0.1, -0.05) is 13.3 Å². The molecule has 21 heavy (non-hydrogen) atoms. The molecule has 1 saturated heterocycles. The summed E-state index contributed by atoms with van der Waals surface area (Å²) in [7, 11) is 0. The maximum atomic E-state index is 5.85. The first-order valence-corrected chi connectivity index (χ1v) is 9.16. The molecule has 2 saturated carbocycles. The van der Waals surface area contributed by atoms with Crippen LogP contribution in [-0.4, -0.2) is 48.8 Å². The van der Waals surface area contributed by atoms with Crippen LogP contribution >= 0.6 is 0 Å². The van der Waals surface area contributed by atoms with Crippen molar-refractivity contribution in [3.05, 3.63) is 0 Å². The summed E-state index contributed by atoms with van der Waals surface area (Å²) in [4.78, 5) is 2.77. The first-order valence-electron chi connectivity index (χ1n) is 9.16. The molecule has 3 nitrogen and oxygen atoms in total. The number of rotatable bonds is 8. The third kappa shape index (κ3) is 3.46. The molecule has 3 aliphatic rings. The van der Waals surface area contributed by atoms with Crippen LogP contribution in [0.3, 0.4) is 0 Å². The predicted molar refractivity (Wildman–Crippen MR) is 87.6 cm³/mol. The number of nitrogens with zero attached hydrogens (tertiary/aromatic N) is 1. The maximum Gasteiger partial charge on any atom is 0.0593 e. The molecule has 1 heterocycles. The molecule has 2 aliphatic carbocycles. The topological polar surface area (TPSA) is 24.5 Å². The van der Waals surface area contributed by atoms with E-state index in [9.17, 15) is 0 Å². The highest BCUT2D eigenvalue weighted by molar-refractivity contribution is 5.11. The lowest BCUT2D eigenvalue weighted by atomic mass is 9.83. The Morgan fingerprint density at radius 2 is 1.81 bits per heavy atom. The average molecular weight is 294 g/mol. The van der Waals surface area contributed by atoms with Gasteiger partial charge >= 0.3 is 0 Å². The van der Waals surface area contributed by atoms with E-state index in [1.54, 1.807) is 0 Å². The highest BCUT2D eigenvalue weighted by Gasteiger charge is 2.53. The van der Waals surface area contributed by atoms with E-state index in [1.165, 1.54) is 51.6 Å². The third-order valence-electron chi connectivity index (χ3n) is 6.17. The smallest absolute Gasteiger partial charge is 0.0593 e. The van der Waals surface area contributed by atoms with Crippen LogP contribution in [0.15, 0.2) is 0 Å². The number of nitrogens with one attached hydrogen (secondary N) is 1. The molecule has 0 aromatic carbocycles. The van der Waals surface area contributed by atoms with Crippen molar-refractivity contribution in [3.63, 3.8) is 0 Å². The Kier molecular flexibility index (Phi) is 4.63. The van der Waals surface area contributed by atoms with E-state index in [4.69, 9.17) is 4.74 Å². The van der Waals surface area contributed by atoms with Crippen LogP contribution in [0.2, 0.25) is 0 Å². The molecule has 122 valence electrons. The van der Waals surface area contributed by atoms with Crippen molar-refractivity contribution in [2.45, 2.75) is 70.4 Å². The average Bonchev–Trinajstić information content (AvgIpc) is 3.30. The summed E-state index contributed by atoms with van der Waals surface area (Å²) < 4.78 is 5.85. The molecule has 2 atom stereocenters. The van der Waals surface area contributed by atoms with Crippen LogP contribution < -0.4 is 5.32 Å². The first-order chi connectivity index (χ1) is 10.1. The molecule has 0 radical (unpaired) electrons. The number of hydrogen-bond acceptors (Lipinski definition) is 3. The van der Waals surface area contributed by atoms with Crippen molar-refractivity contribution in [3.8, 4) is 0 Å². The lowest BCUT2D eigenvalue weighted by Crippen LogP contribution is -2.70. The molecule has 0 bridgehead atoms. The second-order valence-electron chi connectivity index (χ2n) is 8.06. The highest BCUT2D eigenvalue weighted by atomic mass is 16.5. The van der Waals surface area contributed by atoms with Crippen LogP contribution in [-0.2, 0) is 4.74 Å². The Morgan fingerprint density at radius 3 is 2.43 bits per heavy atom. The molecular formula is C18H34N2O. The zero-order chi connectivity index (χ0) is 14.9. The number of unbranched alkanes of at least 4 members (excludes halogenated alkanes) is 1. The van der Waals surface area contributed by atoms with Gasteiger partial charge in [-0.2, -0.15) is 0 Å². The number of ether oxygens (including phenoxy) is 1. The van der Waals surface area contributed by atoms with Gasteiger partial charge in [0.1, 0.15) is 0 Å². The van der Waals surface area contributed by atoms with Crippen LogP contribution in [0.5, 0.6) is 0 Å². The molecule has 0 aromatic rings. The normalized spacial score (nSPS) is 37.9. The Balaban J connectivity index is 1.57. The van der Waals surface area contributed by atoms with Crippen molar-refractivity contribution in [2.75, 3.05) is 32.8 Å². The van der Waals surface area contributed by atoms with Crippen molar-refractivity contribution in [1.82, 2.24) is 10.2 Å². The lowest BCUT2D eigenvalue weighted by molar-refractivity contribution is -0.0201. The maximum absolute atomic E-state index is 5.85. The largest absolute Gasteiger partial charge is 0.380 e. The Hall–Kier alpha value is -0.120. The summed E-state index contributed by atoms with van der Waals surface area (Å²) in [6.07, 6.45) is 8.11. The van der Waals surface area contributed by atoms with Crippen LogP contribution in [0, 0.1) is 11.8 Å². The molecule has 2 unspecified atom stereocenters. The third-order valence-corrected chi connectivity index (χ3v) is 6.17. The summed E-state index contributed by atoms with van der Waals surface area (Å²) in [5.41, 5.74) is 0.709. The summed E-state index contributed by atoms with van der Waals surface area (Å²) in [6, 6.07) is 0. The van der Waals surface area contributed by atoms with Gasteiger partial charge in [-0.25, -0.2) is 0 Å². The van der Waals surface area contributed by atoms with E-state index < -0.39 is 0 Å². The van der Waals surface area contributed by atoms with Gasteiger partial charge in [0.15, 0.2) is 0 Å². The monoisotopic (exact) mass is 294 g/mol. The Bertz CT molecular complexity index is 353. The van der Waals surface area contributed by atoms with Crippen molar-refractivity contribution >= 4 is 0 Å². The van der Waals surface area contributed by atoms with Crippen LogP contribution in [0.4, 0.5) is 0 Å².